The molecule has 0 bridgehead atoms. The maximum Gasteiger partial charge on any atom is 0.273 e. The molecule has 18 heavy (non-hydrogen) atoms. The van der Waals surface area contributed by atoms with Gasteiger partial charge in [0, 0.05) is 18.9 Å². The fourth-order valence-corrected chi connectivity index (χ4v) is 1.66. The Bertz CT molecular complexity index is 637. The number of carbonyl (C=O) groups excluding carboxylic acids is 1. The third-order valence-corrected chi connectivity index (χ3v) is 2.66. The third-order valence-electron chi connectivity index (χ3n) is 2.66. The summed E-state index contributed by atoms with van der Waals surface area (Å²) in [5, 5.41) is 15.5. The zero-order chi connectivity index (χ0) is 13.1. The van der Waals surface area contributed by atoms with Gasteiger partial charge in [0.25, 0.3) is 5.91 Å². The van der Waals surface area contributed by atoms with Crippen LogP contribution in [0.3, 0.4) is 0 Å². The van der Waals surface area contributed by atoms with Crippen LogP contribution >= 0.6 is 0 Å². The number of nitrogens with one attached hydrogen (secondary N) is 1. The van der Waals surface area contributed by atoms with Crippen molar-refractivity contribution in [3.8, 4) is 6.07 Å². The number of rotatable bonds is 2. The fourth-order valence-electron chi connectivity index (χ4n) is 1.66. The van der Waals surface area contributed by atoms with Gasteiger partial charge in [0.05, 0.1) is 11.6 Å². The smallest absolute Gasteiger partial charge is 0.273 e. The van der Waals surface area contributed by atoms with E-state index in [1.54, 1.807) is 37.5 Å². The maximum atomic E-state index is 12.0. The van der Waals surface area contributed by atoms with Crippen LogP contribution in [-0.2, 0) is 7.05 Å². The Kier molecular flexibility index (Phi) is 3.11. The van der Waals surface area contributed by atoms with Crippen LogP contribution in [0.4, 0.5) is 5.69 Å². The molecule has 0 atom stereocenters. The van der Waals surface area contributed by atoms with Gasteiger partial charge in [-0.2, -0.15) is 10.4 Å². The quantitative estimate of drug-likeness (QED) is 0.870. The molecule has 0 saturated heterocycles. The van der Waals surface area contributed by atoms with Crippen LogP contribution < -0.4 is 5.32 Å². The van der Waals surface area contributed by atoms with Gasteiger partial charge < -0.3 is 5.32 Å². The van der Waals surface area contributed by atoms with Gasteiger partial charge >= 0.3 is 0 Å². The van der Waals surface area contributed by atoms with Crippen molar-refractivity contribution in [1.29, 1.82) is 5.26 Å². The second-order valence-corrected chi connectivity index (χ2v) is 3.94. The molecule has 1 aromatic carbocycles. The van der Waals surface area contributed by atoms with E-state index in [0.29, 0.717) is 16.9 Å². The van der Waals surface area contributed by atoms with Crippen LogP contribution in [0.15, 0.2) is 30.5 Å². The second kappa shape index (κ2) is 4.72. The van der Waals surface area contributed by atoms with Crippen LogP contribution in [0.25, 0.3) is 0 Å². The first kappa shape index (κ1) is 11.9. The maximum absolute atomic E-state index is 12.0. The first-order valence-corrected chi connectivity index (χ1v) is 5.42. The lowest BCUT2D eigenvalue weighted by Gasteiger charge is -2.08. The monoisotopic (exact) mass is 240 g/mol. The van der Waals surface area contributed by atoms with Crippen molar-refractivity contribution >= 4 is 11.6 Å². The zero-order valence-electron chi connectivity index (χ0n) is 10.1. The Balaban J connectivity index is 2.23. The predicted molar refractivity (Wildman–Crippen MR) is 67.1 cm³/mol. The second-order valence-electron chi connectivity index (χ2n) is 3.94. The van der Waals surface area contributed by atoms with Crippen molar-refractivity contribution < 1.29 is 4.79 Å². The third kappa shape index (κ3) is 2.23. The molecule has 0 unspecified atom stereocenters. The van der Waals surface area contributed by atoms with Crippen LogP contribution in [-0.4, -0.2) is 15.7 Å². The first-order valence-electron chi connectivity index (χ1n) is 5.42. The molecule has 90 valence electrons. The largest absolute Gasteiger partial charge is 0.320 e. The van der Waals surface area contributed by atoms with Gasteiger partial charge in [0.15, 0.2) is 0 Å². The van der Waals surface area contributed by atoms with Gasteiger partial charge in [0.2, 0.25) is 0 Å². The van der Waals surface area contributed by atoms with Crippen molar-refractivity contribution in [2.24, 2.45) is 7.05 Å². The molecule has 0 fully saturated rings. The van der Waals surface area contributed by atoms with Crippen LogP contribution in [0, 0.1) is 18.3 Å². The van der Waals surface area contributed by atoms with Crippen LogP contribution in [0.5, 0.6) is 0 Å². The predicted octanol–water partition coefficient (Wildman–Crippen LogP) is 1.85. The Morgan fingerprint density at radius 3 is 2.78 bits per heavy atom. The van der Waals surface area contributed by atoms with E-state index < -0.39 is 0 Å². The van der Waals surface area contributed by atoms with Crippen LogP contribution in [0.1, 0.15) is 21.6 Å². The van der Waals surface area contributed by atoms with Gasteiger partial charge in [-0.1, -0.05) is 0 Å². The number of hydrogen-bond donors (Lipinski definition) is 1. The van der Waals surface area contributed by atoms with Crippen molar-refractivity contribution in [1.82, 2.24) is 9.78 Å². The number of benzene rings is 1. The number of amides is 1. The van der Waals surface area contributed by atoms with E-state index in [4.69, 9.17) is 5.26 Å². The number of hydrogen-bond acceptors (Lipinski definition) is 3. The molecule has 5 nitrogen and oxygen atoms in total. The summed E-state index contributed by atoms with van der Waals surface area (Å²) in [4.78, 5) is 12.0. The summed E-state index contributed by atoms with van der Waals surface area (Å²) in [6, 6.07) is 8.84. The Labute approximate surface area is 105 Å². The minimum Gasteiger partial charge on any atom is -0.320 e. The molecule has 0 saturated carbocycles. The van der Waals surface area contributed by atoms with E-state index in [2.05, 4.69) is 16.5 Å². The Hall–Kier alpha value is -2.61. The molecular weight excluding hydrogens is 228 g/mol. The molecule has 0 spiro atoms. The summed E-state index contributed by atoms with van der Waals surface area (Å²) in [6.45, 7) is 1.85. The number of nitrogens with zero attached hydrogens (tertiary/aromatic N) is 3. The van der Waals surface area contributed by atoms with Crippen molar-refractivity contribution in [2.75, 3.05) is 5.32 Å². The number of carbonyl (C=O) groups is 1. The normalized spacial score (nSPS) is 9.83. The Morgan fingerprint density at radius 2 is 2.22 bits per heavy atom. The number of aromatic nitrogens is 2. The highest BCUT2D eigenvalue weighted by Gasteiger charge is 2.11. The summed E-state index contributed by atoms with van der Waals surface area (Å²) < 4.78 is 1.51. The zero-order valence-corrected chi connectivity index (χ0v) is 10.1. The number of aryl methyl sites for hydroxylation is 2. The molecule has 0 aliphatic carbocycles. The lowest BCUT2D eigenvalue weighted by molar-refractivity contribution is 0.101. The average Bonchev–Trinajstić information content (AvgIpc) is 2.78. The highest BCUT2D eigenvalue weighted by molar-refractivity contribution is 6.03. The lowest BCUT2D eigenvalue weighted by Crippen LogP contribution is -2.16. The molecule has 1 heterocycles. The average molecular weight is 240 g/mol. The molecule has 0 radical (unpaired) electrons. The molecule has 0 aliphatic heterocycles. The van der Waals surface area contributed by atoms with E-state index >= 15 is 0 Å². The van der Waals surface area contributed by atoms with Crippen molar-refractivity contribution in [2.45, 2.75) is 6.92 Å². The first-order chi connectivity index (χ1) is 8.61. The summed E-state index contributed by atoms with van der Waals surface area (Å²) in [6.07, 6.45) is 1.57. The number of anilines is 1. The highest BCUT2D eigenvalue weighted by atomic mass is 16.2. The van der Waals surface area contributed by atoms with Gasteiger partial charge in [-0.3, -0.25) is 9.48 Å². The molecular formula is C13H12N4O. The molecule has 1 aromatic heterocycles. The molecule has 2 aromatic rings. The van der Waals surface area contributed by atoms with Gasteiger partial charge in [0.1, 0.15) is 5.69 Å². The molecule has 1 N–H and O–H groups in total. The fraction of sp³-hybridized carbons (Fsp3) is 0.154. The van der Waals surface area contributed by atoms with E-state index in [0.717, 1.165) is 5.56 Å². The molecule has 0 aliphatic rings. The summed E-state index contributed by atoms with van der Waals surface area (Å²) >= 11 is 0. The summed E-state index contributed by atoms with van der Waals surface area (Å²) in [5.41, 5.74) is 2.61. The van der Waals surface area contributed by atoms with Crippen molar-refractivity contribution in [3.05, 3.63) is 47.3 Å². The molecule has 1 amide bonds. The summed E-state index contributed by atoms with van der Waals surface area (Å²) in [5.74, 6) is -0.220. The highest BCUT2D eigenvalue weighted by Crippen LogP contribution is 2.17. The Morgan fingerprint density at radius 1 is 1.44 bits per heavy atom. The van der Waals surface area contributed by atoms with Crippen molar-refractivity contribution in [3.63, 3.8) is 0 Å². The number of nitriles is 1. The van der Waals surface area contributed by atoms with E-state index in [1.165, 1.54) is 4.68 Å². The summed E-state index contributed by atoms with van der Waals surface area (Å²) in [7, 11) is 1.71. The van der Waals surface area contributed by atoms with E-state index in [1.807, 2.05) is 6.92 Å². The molecule has 5 heteroatoms. The minimum absolute atomic E-state index is 0.220. The van der Waals surface area contributed by atoms with E-state index in [9.17, 15) is 4.79 Å². The lowest BCUT2D eigenvalue weighted by atomic mass is 10.1. The van der Waals surface area contributed by atoms with E-state index in [-0.39, 0.29) is 5.91 Å². The minimum atomic E-state index is -0.220. The van der Waals surface area contributed by atoms with Gasteiger partial charge in [-0.15, -0.1) is 0 Å². The van der Waals surface area contributed by atoms with Crippen LogP contribution in [0.2, 0.25) is 0 Å². The molecule has 2 rings (SSSR count). The SMILES string of the molecule is Cc1cc(C#N)ccc1NC(=O)c1ccnn1C. The topological polar surface area (TPSA) is 70.7 Å². The standard InChI is InChI=1S/C13H12N4O/c1-9-7-10(8-14)3-4-11(9)16-13(18)12-5-6-15-17(12)2/h3-7H,1-2H3,(H,16,18). The van der Waals surface area contributed by atoms with Gasteiger partial charge in [-0.25, -0.2) is 0 Å². The van der Waals surface area contributed by atoms with Gasteiger partial charge in [-0.05, 0) is 36.8 Å².